The Morgan fingerprint density at radius 1 is 1.36 bits per heavy atom. The molecule has 1 saturated heterocycles. The van der Waals surface area contributed by atoms with E-state index in [0.717, 1.165) is 38.2 Å². The van der Waals surface area contributed by atoms with Crippen LogP contribution in [0.1, 0.15) is 45.1 Å². The molecular weight excluding hydrogens is 316 g/mol. The average Bonchev–Trinajstić information content (AvgIpc) is 2.58. The van der Waals surface area contributed by atoms with Crippen LogP contribution < -0.4 is 10.1 Å². The molecule has 1 aliphatic heterocycles. The Morgan fingerprint density at radius 2 is 2.08 bits per heavy atom. The maximum atomic E-state index is 12.5. The molecule has 1 N–H and O–H groups in total. The topological polar surface area (TPSA) is 50.8 Å². The third-order valence-corrected chi connectivity index (χ3v) is 4.64. The van der Waals surface area contributed by atoms with E-state index in [2.05, 4.69) is 17.4 Å². The number of carbonyl (C=O) groups excluding carboxylic acids is 1. The number of nitrogens with zero attached hydrogens (tertiary/aromatic N) is 1. The molecule has 2 atom stereocenters. The molecule has 1 aliphatic rings. The van der Waals surface area contributed by atoms with Gasteiger partial charge in [0.25, 0.3) is 0 Å². The number of ether oxygens (including phenoxy) is 2. The highest BCUT2D eigenvalue weighted by Gasteiger charge is 2.33. The predicted octanol–water partition coefficient (Wildman–Crippen LogP) is 3.65. The van der Waals surface area contributed by atoms with Crippen LogP contribution in [0.15, 0.2) is 24.3 Å². The number of likely N-dealkylation sites (tertiary alicyclic amines) is 1. The number of hydrogen-bond acceptors (Lipinski definition) is 4. The third-order valence-electron chi connectivity index (χ3n) is 4.64. The largest absolute Gasteiger partial charge is 0.496 e. The van der Waals surface area contributed by atoms with E-state index in [4.69, 9.17) is 9.47 Å². The van der Waals surface area contributed by atoms with Gasteiger partial charge >= 0.3 is 6.09 Å². The summed E-state index contributed by atoms with van der Waals surface area (Å²) >= 11 is 0. The summed E-state index contributed by atoms with van der Waals surface area (Å²) in [5.41, 5.74) is 0.743. The van der Waals surface area contributed by atoms with Crippen molar-refractivity contribution in [1.82, 2.24) is 10.2 Å². The molecule has 2 unspecified atom stereocenters. The Morgan fingerprint density at radius 3 is 2.72 bits per heavy atom. The van der Waals surface area contributed by atoms with Crippen molar-refractivity contribution in [2.24, 2.45) is 5.92 Å². The second kappa shape index (κ2) is 8.56. The Kier molecular flexibility index (Phi) is 6.71. The van der Waals surface area contributed by atoms with Gasteiger partial charge in [0.1, 0.15) is 11.4 Å². The number of nitrogens with one attached hydrogen (secondary N) is 1. The van der Waals surface area contributed by atoms with Gasteiger partial charge in [-0.25, -0.2) is 4.79 Å². The maximum absolute atomic E-state index is 12.5. The van der Waals surface area contributed by atoms with Gasteiger partial charge in [-0.05, 0) is 58.2 Å². The summed E-state index contributed by atoms with van der Waals surface area (Å²) in [6.45, 7) is 8.07. The van der Waals surface area contributed by atoms with E-state index in [1.807, 2.05) is 44.9 Å². The molecule has 0 bridgehead atoms. The highest BCUT2D eigenvalue weighted by Crippen LogP contribution is 2.36. The zero-order valence-electron chi connectivity index (χ0n) is 16.2. The van der Waals surface area contributed by atoms with Gasteiger partial charge < -0.3 is 19.7 Å². The number of para-hydroxylation sites is 1. The molecule has 0 aromatic heterocycles. The number of carbonyl (C=O) groups is 1. The number of amides is 1. The van der Waals surface area contributed by atoms with Gasteiger partial charge in [0.2, 0.25) is 0 Å². The van der Waals surface area contributed by atoms with E-state index in [-0.39, 0.29) is 6.09 Å². The van der Waals surface area contributed by atoms with Crippen molar-refractivity contribution in [3.05, 3.63) is 29.8 Å². The molecule has 0 spiro atoms. The monoisotopic (exact) mass is 348 g/mol. The molecule has 5 heteroatoms. The van der Waals surface area contributed by atoms with E-state index in [9.17, 15) is 4.79 Å². The fourth-order valence-electron chi connectivity index (χ4n) is 3.55. The fourth-order valence-corrected chi connectivity index (χ4v) is 3.55. The Bertz CT molecular complexity index is 568. The van der Waals surface area contributed by atoms with Crippen molar-refractivity contribution < 1.29 is 14.3 Å². The Hall–Kier alpha value is -1.75. The van der Waals surface area contributed by atoms with Crippen LogP contribution in [0.3, 0.4) is 0 Å². The molecule has 1 heterocycles. The van der Waals surface area contributed by atoms with Crippen LogP contribution >= 0.6 is 0 Å². The summed E-state index contributed by atoms with van der Waals surface area (Å²) < 4.78 is 11.1. The molecule has 0 aliphatic carbocycles. The summed E-state index contributed by atoms with van der Waals surface area (Å²) in [5.74, 6) is 1.59. The van der Waals surface area contributed by atoms with Crippen molar-refractivity contribution in [3.63, 3.8) is 0 Å². The Balaban J connectivity index is 2.17. The van der Waals surface area contributed by atoms with Crippen LogP contribution in [0, 0.1) is 5.92 Å². The highest BCUT2D eigenvalue weighted by atomic mass is 16.6. The van der Waals surface area contributed by atoms with Crippen LogP contribution in [0.25, 0.3) is 0 Å². The first kappa shape index (κ1) is 19.6. The van der Waals surface area contributed by atoms with Crippen molar-refractivity contribution in [2.45, 2.75) is 45.1 Å². The molecule has 140 valence electrons. The van der Waals surface area contributed by atoms with Gasteiger partial charge in [-0.3, -0.25) is 0 Å². The van der Waals surface area contributed by atoms with Crippen LogP contribution in [0.2, 0.25) is 0 Å². The first-order chi connectivity index (χ1) is 11.9. The standard InChI is InChI=1S/C20H32N2O3/c1-20(2,3)25-19(23)22-12-8-9-15(14-22)17(13-21-4)16-10-6-7-11-18(16)24-5/h6-7,10-11,15,17,21H,8-9,12-14H2,1-5H3. The van der Waals surface area contributed by atoms with E-state index < -0.39 is 5.60 Å². The average molecular weight is 348 g/mol. The van der Waals surface area contributed by atoms with Gasteiger partial charge in [-0.15, -0.1) is 0 Å². The minimum absolute atomic E-state index is 0.208. The number of piperidine rings is 1. The van der Waals surface area contributed by atoms with Gasteiger partial charge in [0.15, 0.2) is 0 Å². The quantitative estimate of drug-likeness (QED) is 0.882. The SMILES string of the molecule is CNCC(c1ccccc1OC)C1CCCN(C(=O)OC(C)(C)C)C1. The Labute approximate surface area is 151 Å². The number of benzene rings is 1. The van der Waals surface area contributed by atoms with E-state index in [1.165, 1.54) is 5.56 Å². The minimum Gasteiger partial charge on any atom is -0.496 e. The zero-order valence-corrected chi connectivity index (χ0v) is 16.2. The summed E-state index contributed by atoms with van der Waals surface area (Å²) in [5, 5.41) is 3.31. The second-order valence-electron chi connectivity index (χ2n) is 7.73. The van der Waals surface area contributed by atoms with E-state index >= 15 is 0 Å². The lowest BCUT2D eigenvalue weighted by Gasteiger charge is -2.38. The summed E-state index contributed by atoms with van der Waals surface area (Å²) in [7, 11) is 3.68. The summed E-state index contributed by atoms with van der Waals surface area (Å²) in [4.78, 5) is 14.3. The summed E-state index contributed by atoms with van der Waals surface area (Å²) in [6.07, 6.45) is 1.89. The van der Waals surface area contributed by atoms with Crippen molar-refractivity contribution in [2.75, 3.05) is 33.8 Å². The molecule has 0 saturated carbocycles. The molecule has 1 amide bonds. The lowest BCUT2D eigenvalue weighted by molar-refractivity contribution is 0.0151. The van der Waals surface area contributed by atoms with Crippen molar-refractivity contribution in [1.29, 1.82) is 0 Å². The van der Waals surface area contributed by atoms with Crippen molar-refractivity contribution >= 4 is 6.09 Å². The molecular formula is C20H32N2O3. The number of methoxy groups -OCH3 is 1. The van der Waals surface area contributed by atoms with Crippen LogP contribution in [0.5, 0.6) is 5.75 Å². The normalized spacial score (nSPS) is 19.4. The number of rotatable bonds is 5. The first-order valence-electron chi connectivity index (χ1n) is 9.11. The first-order valence-corrected chi connectivity index (χ1v) is 9.11. The fraction of sp³-hybridized carbons (Fsp3) is 0.650. The van der Waals surface area contributed by atoms with Gasteiger partial charge in [0.05, 0.1) is 7.11 Å². The third kappa shape index (κ3) is 5.36. The maximum Gasteiger partial charge on any atom is 0.410 e. The molecule has 1 fully saturated rings. The lowest BCUT2D eigenvalue weighted by atomic mass is 9.80. The van der Waals surface area contributed by atoms with Crippen LogP contribution in [0.4, 0.5) is 4.79 Å². The second-order valence-corrected chi connectivity index (χ2v) is 7.73. The van der Waals surface area contributed by atoms with E-state index in [1.54, 1.807) is 7.11 Å². The molecule has 1 aromatic rings. The molecule has 2 rings (SSSR count). The van der Waals surface area contributed by atoms with E-state index in [0.29, 0.717) is 11.8 Å². The molecule has 1 aromatic carbocycles. The molecule has 0 radical (unpaired) electrons. The van der Waals surface area contributed by atoms with Crippen molar-refractivity contribution in [3.8, 4) is 5.75 Å². The van der Waals surface area contributed by atoms with Crippen LogP contribution in [-0.2, 0) is 4.74 Å². The summed E-state index contributed by atoms with van der Waals surface area (Å²) in [6, 6.07) is 8.18. The van der Waals surface area contributed by atoms with Gasteiger partial charge in [-0.1, -0.05) is 18.2 Å². The smallest absolute Gasteiger partial charge is 0.410 e. The number of likely N-dealkylation sites (N-methyl/N-ethyl adjacent to an activating group) is 1. The van der Waals surface area contributed by atoms with Gasteiger partial charge in [0, 0.05) is 25.6 Å². The van der Waals surface area contributed by atoms with Crippen LogP contribution in [-0.4, -0.2) is 50.4 Å². The lowest BCUT2D eigenvalue weighted by Crippen LogP contribution is -2.45. The predicted molar refractivity (Wildman–Crippen MR) is 100 cm³/mol. The zero-order chi connectivity index (χ0) is 18.4. The molecule has 5 nitrogen and oxygen atoms in total. The highest BCUT2D eigenvalue weighted by molar-refractivity contribution is 5.68. The number of hydrogen-bond donors (Lipinski definition) is 1. The molecule has 25 heavy (non-hydrogen) atoms. The van der Waals surface area contributed by atoms with Gasteiger partial charge in [-0.2, -0.15) is 0 Å². The minimum atomic E-state index is -0.461.